The number of carbonyl (C=O) groups excluding carboxylic acids is 1. The van der Waals surface area contributed by atoms with Crippen LogP contribution in [0, 0.1) is 0 Å². The number of benzene rings is 2. The molecule has 0 fully saturated rings. The van der Waals surface area contributed by atoms with Crippen molar-refractivity contribution in [1.82, 2.24) is 10.3 Å². The molecule has 1 aliphatic carbocycles. The molecule has 45 heavy (non-hydrogen) atoms. The van der Waals surface area contributed by atoms with Crippen molar-refractivity contribution >= 4 is 39.9 Å². The zero-order valence-corrected chi connectivity index (χ0v) is 27.9. The predicted molar refractivity (Wildman–Crippen MR) is 190 cm³/mol. The fraction of sp³-hybridized carbons (Fsp3) is 0.324. The van der Waals surface area contributed by atoms with E-state index in [1.165, 1.54) is 18.4 Å². The molecule has 0 bridgehead atoms. The van der Waals surface area contributed by atoms with Crippen molar-refractivity contribution in [2.75, 3.05) is 24.5 Å². The van der Waals surface area contributed by atoms with Gasteiger partial charge in [-0.05, 0) is 56.2 Å². The summed E-state index contributed by atoms with van der Waals surface area (Å²) in [6.45, 7) is 9.37. The first kappa shape index (κ1) is 35.5. The summed E-state index contributed by atoms with van der Waals surface area (Å²) in [6.07, 6.45) is 15.7. The number of nitrogens with zero attached hydrogens (tertiary/aromatic N) is 2. The number of anilines is 1. The van der Waals surface area contributed by atoms with Gasteiger partial charge in [0.25, 0.3) is 5.91 Å². The standard InChI is InChI=1S/C35H38ClN3O3S.C2H6/c1-2-11-29(34(42)37-23-21-31(40)41)16-9-10-24-39(25-22-26-12-5-3-6-13-26)35-38-32(27-17-19-30(36)20-18-27)33(43-35)28-14-7-4-8-15-28;1-2/h2,4,7-9,11-12,14-20H,1,3,5-6,10,13,21-25H2,(H,37,42)(H,40,41);1-2H3/b16-9-,29-11+;. The van der Waals surface area contributed by atoms with E-state index in [-0.39, 0.29) is 18.9 Å². The molecule has 0 unspecified atom stereocenters. The number of nitrogens with one attached hydrogen (secondary N) is 1. The van der Waals surface area contributed by atoms with Crippen LogP contribution >= 0.6 is 22.9 Å². The minimum absolute atomic E-state index is 0.0733. The van der Waals surface area contributed by atoms with Crippen LogP contribution in [0.5, 0.6) is 0 Å². The van der Waals surface area contributed by atoms with Crippen molar-refractivity contribution in [2.45, 2.75) is 58.8 Å². The lowest BCUT2D eigenvalue weighted by Gasteiger charge is -2.23. The monoisotopic (exact) mass is 645 g/mol. The number of rotatable bonds is 15. The third-order valence-corrected chi connectivity index (χ3v) is 8.59. The molecule has 8 heteroatoms. The van der Waals surface area contributed by atoms with E-state index in [1.807, 2.05) is 62.4 Å². The van der Waals surface area contributed by atoms with Crippen LogP contribution in [-0.4, -0.2) is 41.6 Å². The second-order valence-corrected chi connectivity index (χ2v) is 11.8. The molecule has 4 rings (SSSR count). The van der Waals surface area contributed by atoms with E-state index in [2.05, 4.69) is 35.0 Å². The number of allylic oxidation sites excluding steroid dienone is 3. The maximum Gasteiger partial charge on any atom is 0.305 e. The molecule has 1 heterocycles. The molecule has 0 saturated carbocycles. The Morgan fingerprint density at radius 3 is 2.49 bits per heavy atom. The molecule has 2 aromatic carbocycles. The fourth-order valence-corrected chi connectivity index (χ4v) is 6.18. The summed E-state index contributed by atoms with van der Waals surface area (Å²) in [4.78, 5) is 32.0. The van der Waals surface area contributed by atoms with Gasteiger partial charge < -0.3 is 15.3 Å². The van der Waals surface area contributed by atoms with Gasteiger partial charge in [0.15, 0.2) is 5.13 Å². The number of thiazole rings is 1. The highest BCUT2D eigenvalue weighted by molar-refractivity contribution is 7.19. The molecule has 0 atom stereocenters. The first-order valence-corrected chi connectivity index (χ1v) is 16.9. The Kier molecular flexibility index (Phi) is 15.4. The number of halogens is 1. The Bertz CT molecular complexity index is 1480. The van der Waals surface area contributed by atoms with E-state index in [4.69, 9.17) is 21.7 Å². The summed E-state index contributed by atoms with van der Waals surface area (Å²) in [6, 6.07) is 18.2. The normalized spacial score (nSPS) is 13.0. The van der Waals surface area contributed by atoms with E-state index in [0.29, 0.717) is 17.0 Å². The molecule has 1 amide bonds. The molecular weight excluding hydrogens is 602 g/mol. The van der Waals surface area contributed by atoms with Gasteiger partial charge in [0.2, 0.25) is 0 Å². The Labute approximate surface area is 276 Å². The van der Waals surface area contributed by atoms with E-state index < -0.39 is 5.97 Å². The van der Waals surface area contributed by atoms with Gasteiger partial charge in [-0.3, -0.25) is 9.59 Å². The SMILES string of the molecule is C=C/C=C(\C=C/CCN(CCC1=CCCCC1)c1nc(-c2ccc(Cl)cc2)c(-c2ccccc2)s1)C(=O)NCCC(=O)O.CC. The lowest BCUT2D eigenvalue weighted by Crippen LogP contribution is -2.27. The van der Waals surface area contributed by atoms with Crippen molar-refractivity contribution < 1.29 is 14.7 Å². The van der Waals surface area contributed by atoms with Gasteiger partial charge in [-0.2, -0.15) is 0 Å². The molecular formula is C37H44ClN3O3S. The van der Waals surface area contributed by atoms with E-state index in [9.17, 15) is 9.59 Å². The average Bonchev–Trinajstić information content (AvgIpc) is 3.51. The molecule has 0 spiro atoms. The molecule has 6 nitrogen and oxygen atoms in total. The Morgan fingerprint density at radius 1 is 1.07 bits per heavy atom. The molecule has 2 N–H and O–H groups in total. The number of carboxylic acid groups (broad SMARTS) is 1. The maximum atomic E-state index is 12.6. The van der Waals surface area contributed by atoms with Crippen LogP contribution in [-0.2, 0) is 9.59 Å². The zero-order chi connectivity index (χ0) is 32.4. The van der Waals surface area contributed by atoms with Gasteiger partial charge in [0, 0.05) is 35.8 Å². The smallest absolute Gasteiger partial charge is 0.305 e. The van der Waals surface area contributed by atoms with Crippen LogP contribution in [0.1, 0.15) is 58.8 Å². The van der Waals surface area contributed by atoms with Gasteiger partial charge in [0.1, 0.15) is 0 Å². The van der Waals surface area contributed by atoms with Crippen molar-refractivity contribution in [3.05, 3.63) is 108 Å². The van der Waals surface area contributed by atoms with E-state index >= 15 is 0 Å². The molecule has 1 aromatic heterocycles. The predicted octanol–water partition coefficient (Wildman–Crippen LogP) is 9.50. The number of aromatic nitrogens is 1. The summed E-state index contributed by atoms with van der Waals surface area (Å²) in [7, 11) is 0. The second-order valence-electron chi connectivity index (χ2n) is 10.3. The van der Waals surface area contributed by atoms with Crippen LogP contribution in [0.2, 0.25) is 5.02 Å². The summed E-state index contributed by atoms with van der Waals surface area (Å²) in [5.41, 5.74) is 5.03. The highest BCUT2D eigenvalue weighted by Crippen LogP contribution is 2.41. The highest BCUT2D eigenvalue weighted by Gasteiger charge is 2.19. The van der Waals surface area contributed by atoms with Crippen molar-refractivity contribution in [2.24, 2.45) is 0 Å². The van der Waals surface area contributed by atoms with E-state index in [1.54, 1.807) is 29.6 Å². The van der Waals surface area contributed by atoms with Crippen LogP contribution in [0.4, 0.5) is 5.13 Å². The summed E-state index contributed by atoms with van der Waals surface area (Å²) in [5.74, 6) is -1.27. The summed E-state index contributed by atoms with van der Waals surface area (Å²) in [5, 5.41) is 13.2. The quantitative estimate of drug-likeness (QED) is 0.0977. The highest BCUT2D eigenvalue weighted by atomic mass is 35.5. The van der Waals surface area contributed by atoms with Crippen LogP contribution in [0.3, 0.4) is 0 Å². The topological polar surface area (TPSA) is 82.5 Å². The van der Waals surface area contributed by atoms with Crippen molar-refractivity contribution in [1.29, 1.82) is 0 Å². The number of carboxylic acids is 1. The molecule has 238 valence electrons. The minimum atomic E-state index is -0.953. The van der Waals surface area contributed by atoms with Gasteiger partial charge in [0.05, 0.1) is 17.0 Å². The molecule has 0 saturated heterocycles. The number of hydrogen-bond acceptors (Lipinski definition) is 5. The molecule has 3 aromatic rings. The van der Waals surface area contributed by atoms with Crippen LogP contribution in [0.25, 0.3) is 21.7 Å². The lowest BCUT2D eigenvalue weighted by molar-refractivity contribution is -0.136. The maximum absolute atomic E-state index is 12.6. The number of aliphatic carboxylic acids is 1. The average molecular weight is 646 g/mol. The fourth-order valence-electron chi connectivity index (χ4n) is 4.91. The minimum Gasteiger partial charge on any atom is -0.481 e. The number of hydrogen-bond donors (Lipinski definition) is 2. The van der Waals surface area contributed by atoms with E-state index in [0.717, 1.165) is 59.2 Å². The third-order valence-electron chi connectivity index (χ3n) is 7.18. The Hall–Kier alpha value is -3.94. The van der Waals surface area contributed by atoms with Crippen LogP contribution in [0.15, 0.2) is 103 Å². The first-order chi connectivity index (χ1) is 21.9. The Balaban J connectivity index is 0.00000271. The lowest BCUT2D eigenvalue weighted by atomic mass is 9.97. The van der Waals surface area contributed by atoms with Crippen LogP contribution < -0.4 is 10.2 Å². The summed E-state index contributed by atoms with van der Waals surface area (Å²) < 4.78 is 0. The largest absolute Gasteiger partial charge is 0.481 e. The van der Waals surface area contributed by atoms with Gasteiger partial charge in [-0.1, -0.05) is 122 Å². The van der Waals surface area contributed by atoms with Gasteiger partial charge >= 0.3 is 5.97 Å². The number of carbonyl (C=O) groups is 2. The van der Waals surface area contributed by atoms with Gasteiger partial charge in [-0.25, -0.2) is 4.98 Å². The zero-order valence-electron chi connectivity index (χ0n) is 26.3. The number of amides is 1. The molecule has 0 aliphatic heterocycles. The van der Waals surface area contributed by atoms with Crippen molar-refractivity contribution in [3.8, 4) is 21.7 Å². The second kappa shape index (κ2) is 19.4. The Morgan fingerprint density at radius 2 is 1.82 bits per heavy atom. The molecule has 1 aliphatic rings. The molecule has 0 radical (unpaired) electrons. The third kappa shape index (κ3) is 11.5. The first-order valence-electron chi connectivity index (χ1n) is 15.7. The summed E-state index contributed by atoms with van der Waals surface area (Å²) >= 11 is 7.90. The van der Waals surface area contributed by atoms with Crippen molar-refractivity contribution in [3.63, 3.8) is 0 Å². The van der Waals surface area contributed by atoms with Gasteiger partial charge in [-0.15, -0.1) is 0 Å².